The number of fused-ring (bicyclic) bond motifs is 1. The minimum atomic E-state index is 0.0495. The third-order valence-corrected chi connectivity index (χ3v) is 5.61. The highest BCUT2D eigenvalue weighted by molar-refractivity contribution is 7.17. The van der Waals surface area contributed by atoms with Gasteiger partial charge in [-0.1, -0.05) is 41.7 Å². The van der Waals surface area contributed by atoms with Crippen LogP contribution in [0.4, 0.5) is 0 Å². The maximum absolute atomic E-state index is 10.7. The zero-order valence-corrected chi connectivity index (χ0v) is 14.5. The van der Waals surface area contributed by atoms with E-state index in [0.717, 1.165) is 22.9 Å². The lowest BCUT2D eigenvalue weighted by atomic mass is 10.0. The van der Waals surface area contributed by atoms with Crippen LogP contribution in [-0.2, 0) is 4.74 Å². The molecule has 0 radical (unpaired) electrons. The first-order valence-corrected chi connectivity index (χ1v) is 9.01. The van der Waals surface area contributed by atoms with Crippen LogP contribution in [0.1, 0.15) is 30.3 Å². The lowest BCUT2D eigenvalue weighted by molar-refractivity contribution is -0.939. The summed E-state index contributed by atoms with van der Waals surface area (Å²) < 4.78 is 7.42. The summed E-state index contributed by atoms with van der Waals surface area (Å²) in [7, 11) is 0. The van der Waals surface area contributed by atoms with E-state index in [0.29, 0.717) is 0 Å². The lowest BCUT2D eigenvalue weighted by Crippen LogP contribution is -3.15. The zero-order chi connectivity index (χ0) is 16.7. The number of benzene rings is 1. The average molecular weight is 345 g/mol. The molecule has 126 valence electrons. The first-order chi connectivity index (χ1) is 11.6. The predicted octanol–water partition coefficient (Wildman–Crippen LogP) is 1.28. The number of hydrogen-bond acceptors (Lipinski definition) is 5. The molecule has 2 aromatic heterocycles. The number of rotatable bonds is 3. The number of aromatic hydroxyl groups is 1. The Balaban J connectivity index is 1.81. The van der Waals surface area contributed by atoms with E-state index in [-0.39, 0.29) is 24.1 Å². The standard InChI is InChI=1S/C17H20N4O2S/c1-11-8-20(9-12(2)23-11)14(13-6-4-3-5-7-13)15-16(22)21-17(24-15)18-10-19-21/h3-7,10-12,14,22H,8-9H2,1-2H3/p+1/t11-,12+,14-/m0/s1. The van der Waals surface area contributed by atoms with Gasteiger partial charge in [0.2, 0.25) is 10.8 Å². The molecular formula is C17H21N4O2S+. The van der Waals surface area contributed by atoms with Crippen LogP contribution in [0.25, 0.3) is 4.96 Å². The van der Waals surface area contributed by atoms with Crippen LogP contribution in [0.5, 0.6) is 5.88 Å². The molecular weight excluding hydrogens is 324 g/mol. The summed E-state index contributed by atoms with van der Waals surface area (Å²) in [5.74, 6) is 0.195. The zero-order valence-electron chi connectivity index (χ0n) is 13.7. The molecule has 6 nitrogen and oxygen atoms in total. The number of nitrogens with zero attached hydrogens (tertiary/aromatic N) is 3. The van der Waals surface area contributed by atoms with Crippen LogP contribution in [0, 0.1) is 0 Å². The van der Waals surface area contributed by atoms with Crippen molar-refractivity contribution >= 4 is 16.3 Å². The van der Waals surface area contributed by atoms with Crippen LogP contribution in [0.3, 0.4) is 0 Å². The Morgan fingerprint density at radius 2 is 1.96 bits per heavy atom. The van der Waals surface area contributed by atoms with E-state index in [2.05, 4.69) is 36.1 Å². The van der Waals surface area contributed by atoms with Crippen molar-refractivity contribution in [3.63, 3.8) is 0 Å². The van der Waals surface area contributed by atoms with Crippen LogP contribution in [-0.4, -0.2) is 45.0 Å². The van der Waals surface area contributed by atoms with Gasteiger partial charge in [-0.25, -0.2) is 4.98 Å². The first kappa shape index (κ1) is 15.6. The van der Waals surface area contributed by atoms with E-state index < -0.39 is 0 Å². The first-order valence-electron chi connectivity index (χ1n) is 8.20. The van der Waals surface area contributed by atoms with Crippen molar-refractivity contribution in [3.05, 3.63) is 47.1 Å². The summed E-state index contributed by atoms with van der Waals surface area (Å²) in [5.41, 5.74) is 1.19. The van der Waals surface area contributed by atoms with Crippen molar-refractivity contribution in [1.82, 2.24) is 14.6 Å². The van der Waals surface area contributed by atoms with Gasteiger partial charge in [-0.15, -0.1) is 0 Å². The fourth-order valence-corrected chi connectivity index (χ4v) is 4.77. The minimum absolute atomic E-state index is 0.0495. The smallest absolute Gasteiger partial charge is 0.235 e. The topological polar surface area (TPSA) is 64.1 Å². The maximum atomic E-state index is 10.7. The number of thiazole rings is 1. The molecule has 3 aromatic rings. The van der Waals surface area contributed by atoms with E-state index in [1.54, 1.807) is 0 Å². The Morgan fingerprint density at radius 3 is 2.62 bits per heavy atom. The quantitative estimate of drug-likeness (QED) is 0.751. The molecule has 0 bridgehead atoms. The molecule has 1 aliphatic heterocycles. The average Bonchev–Trinajstić information content (AvgIpc) is 3.12. The molecule has 1 unspecified atom stereocenters. The van der Waals surface area contributed by atoms with Gasteiger partial charge in [-0.05, 0) is 13.8 Å². The molecule has 7 heteroatoms. The van der Waals surface area contributed by atoms with Crippen LogP contribution >= 0.6 is 11.3 Å². The summed E-state index contributed by atoms with van der Waals surface area (Å²) in [6.07, 6.45) is 1.86. The Bertz CT molecular complexity index is 822. The van der Waals surface area contributed by atoms with Gasteiger partial charge in [0.25, 0.3) is 0 Å². The fourth-order valence-electron chi connectivity index (χ4n) is 3.65. The van der Waals surface area contributed by atoms with Gasteiger partial charge in [0, 0.05) is 5.56 Å². The summed E-state index contributed by atoms with van der Waals surface area (Å²) in [6.45, 7) is 6.02. The van der Waals surface area contributed by atoms with Gasteiger partial charge < -0.3 is 14.7 Å². The van der Waals surface area contributed by atoms with E-state index in [1.165, 1.54) is 32.6 Å². The molecule has 1 saturated heterocycles. The summed E-state index contributed by atoms with van der Waals surface area (Å²) in [4.78, 5) is 7.25. The van der Waals surface area contributed by atoms with Crippen LogP contribution < -0.4 is 4.90 Å². The minimum Gasteiger partial charge on any atom is -0.492 e. The van der Waals surface area contributed by atoms with Gasteiger partial charge in [-0.3, -0.25) is 0 Å². The third-order valence-electron chi connectivity index (χ3n) is 4.51. The van der Waals surface area contributed by atoms with Crippen molar-refractivity contribution in [1.29, 1.82) is 0 Å². The van der Waals surface area contributed by atoms with Crippen molar-refractivity contribution < 1.29 is 14.7 Å². The van der Waals surface area contributed by atoms with E-state index in [4.69, 9.17) is 4.74 Å². The monoisotopic (exact) mass is 345 g/mol. The van der Waals surface area contributed by atoms with Gasteiger partial charge in [-0.2, -0.15) is 9.61 Å². The molecule has 1 aromatic carbocycles. The fraction of sp³-hybridized carbons (Fsp3) is 0.412. The van der Waals surface area contributed by atoms with Gasteiger partial charge >= 0.3 is 0 Å². The highest BCUT2D eigenvalue weighted by Crippen LogP contribution is 2.34. The normalized spacial score (nSPS) is 25.8. The summed E-state index contributed by atoms with van der Waals surface area (Å²) in [5, 5.41) is 14.8. The highest BCUT2D eigenvalue weighted by atomic mass is 32.1. The van der Waals surface area contributed by atoms with Crippen LogP contribution in [0.15, 0.2) is 36.7 Å². The Kier molecular flexibility index (Phi) is 3.99. The molecule has 1 aliphatic rings. The van der Waals surface area contributed by atoms with Gasteiger partial charge in [0.1, 0.15) is 36.5 Å². The van der Waals surface area contributed by atoms with E-state index in [1.807, 2.05) is 18.2 Å². The van der Waals surface area contributed by atoms with Gasteiger partial charge in [0.15, 0.2) is 6.04 Å². The Hall–Kier alpha value is -1.96. The number of quaternary nitrogens is 1. The van der Waals surface area contributed by atoms with Gasteiger partial charge in [0.05, 0.1) is 0 Å². The molecule has 4 rings (SSSR count). The molecule has 0 aliphatic carbocycles. The van der Waals surface area contributed by atoms with E-state index >= 15 is 0 Å². The largest absolute Gasteiger partial charge is 0.492 e. The number of morpholine rings is 1. The number of hydrogen-bond donors (Lipinski definition) is 2. The second-order valence-electron chi connectivity index (χ2n) is 6.41. The third kappa shape index (κ3) is 2.68. The van der Waals surface area contributed by atoms with Crippen LogP contribution in [0.2, 0.25) is 0 Å². The summed E-state index contributed by atoms with van der Waals surface area (Å²) >= 11 is 1.51. The molecule has 2 N–H and O–H groups in total. The van der Waals surface area contributed by atoms with Crippen molar-refractivity contribution in [3.8, 4) is 5.88 Å². The number of ether oxygens (including phenoxy) is 1. The second kappa shape index (κ2) is 6.16. The van der Waals surface area contributed by atoms with Crippen molar-refractivity contribution in [2.75, 3.05) is 13.1 Å². The molecule has 0 saturated carbocycles. The Morgan fingerprint density at radius 1 is 1.25 bits per heavy atom. The predicted molar refractivity (Wildman–Crippen MR) is 91.5 cm³/mol. The summed E-state index contributed by atoms with van der Waals surface area (Å²) in [6, 6.07) is 10.4. The molecule has 4 atom stereocenters. The molecule has 0 spiro atoms. The van der Waals surface area contributed by atoms with Crippen molar-refractivity contribution in [2.24, 2.45) is 0 Å². The Labute approximate surface area is 144 Å². The number of nitrogens with one attached hydrogen (secondary N) is 1. The highest BCUT2D eigenvalue weighted by Gasteiger charge is 2.37. The molecule has 0 amide bonds. The molecule has 24 heavy (non-hydrogen) atoms. The molecule has 1 fully saturated rings. The molecule has 3 heterocycles. The SMILES string of the molecule is C[C@@H]1C[NH+]([C@@H](c2ccccc2)c2sc3ncnn3c2O)C[C@H](C)O1. The maximum Gasteiger partial charge on any atom is 0.235 e. The lowest BCUT2D eigenvalue weighted by Gasteiger charge is -2.37. The number of aromatic nitrogens is 3. The second-order valence-corrected chi connectivity index (χ2v) is 7.42. The van der Waals surface area contributed by atoms with Crippen molar-refractivity contribution in [2.45, 2.75) is 32.1 Å². The van der Waals surface area contributed by atoms with E-state index in [9.17, 15) is 5.11 Å².